The Kier molecular flexibility index (Phi) is 9.08. The Morgan fingerprint density at radius 2 is 1.78 bits per heavy atom. The number of alkyl halides is 3. The van der Waals surface area contributed by atoms with E-state index in [4.69, 9.17) is 42.8 Å². The summed E-state index contributed by atoms with van der Waals surface area (Å²) in [6.45, 7) is 4.44. The first-order valence-electron chi connectivity index (χ1n) is 11.2. The normalized spacial score (nSPS) is 19.4. The van der Waals surface area contributed by atoms with Crippen LogP contribution >= 0.6 is 23.8 Å². The van der Waals surface area contributed by atoms with Gasteiger partial charge in [0.2, 0.25) is 6.10 Å². The molecule has 0 bridgehead atoms. The summed E-state index contributed by atoms with van der Waals surface area (Å²) in [5.74, 6) is 0.228. The molecule has 2 aromatic rings. The number of rotatable bonds is 5. The number of carbonyl (C=O) groups is 1. The van der Waals surface area contributed by atoms with Crippen molar-refractivity contribution in [1.29, 1.82) is 0 Å². The lowest BCUT2D eigenvalue weighted by atomic mass is 10.0. The van der Waals surface area contributed by atoms with Crippen LogP contribution in [0, 0.1) is 0 Å². The van der Waals surface area contributed by atoms with E-state index in [0.29, 0.717) is 11.4 Å². The molecule has 0 radical (unpaired) electrons. The largest absolute Gasteiger partial charge is 0.444 e. The molecule has 1 saturated heterocycles. The van der Waals surface area contributed by atoms with Crippen molar-refractivity contribution in [3.63, 3.8) is 0 Å². The molecule has 0 aromatic heterocycles. The van der Waals surface area contributed by atoms with E-state index < -0.39 is 47.9 Å². The summed E-state index contributed by atoms with van der Waals surface area (Å²) in [4.78, 5) is 14.3. The van der Waals surface area contributed by atoms with E-state index in [1.165, 1.54) is 17.0 Å². The second-order valence-electron chi connectivity index (χ2n) is 9.23. The standard InChI is InChI=1S/C25H27ClF3NO5S/c1-24(2,3)35-22(31)30-14-20(32-15-18(30)13-16-9-11-17(26)12-10-16)21(25(27,28)29)34-23(36)33-19-7-5-4-6-8-19/h4-12,18,20-21H,13-15H2,1-3H3/t18-,20+,21?/m0/s1. The Hall–Kier alpha value is -2.56. The van der Waals surface area contributed by atoms with Gasteiger partial charge >= 0.3 is 17.5 Å². The molecule has 0 N–H and O–H groups in total. The third-order valence-corrected chi connectivity index (χ3v) is 5.59. The van der Waals surface area contributed by atoms with Crippen LogP contribution in [0.1, 0.15) is 26.3 Å². The first-order valence-corrected chi connectivity index (χ1v) is 12.0. The Morgan fingerprint density at radius 1 is 1.14 bits per heavy atom. The first kappa shape index (κ1) is 28.0. The maximum Gasteiger partial charge on any atom is 0.428 e. The lowest BCUT2D eigenvalue weighted by Gasteiger charge is -2.42. The van der Waals surface area contributed by atoms with Crippen LogP contribution < -0.4 is 4.74 Å². The number of amides is 1. The number of nitrogens with zero attached hydrogens (tertiary/aromatic N) is 1. The van der Waals surface area contributed by atoms with E-state index in [0.717, 1.165) is 5.56 Å². The van der Waals surface area contributed by atoms with Crippen LogP contribution in [0.15, 0.2) is 54.6 Å². The van der Waals surface area contributed by atoms with E-state index >= 15 is 0 Å². The topological polar surface area (TPSA) is 57.2 Å². The molecule has 36 heavy (non-hydrogen) atoms. The molecule has 6 nitrogen and oxygen atoms in total. The zero-order valence-corrected chi connectivity index (χ0v) is 21.5. The Morgan fingerprint density at radius 3 is 2.36 bits per heavy atom. The minimum absolute atomic E-state index is 0.172. The highest BCUT2D eigenvalue weighted by Crippen LogP contribution is 2.31. The monoisotopic (exact) mass is 545 g/mol. The summed E-state index contributed by atoms with van der Waals surface area (Å²) < 4.78 is 63.4. The van der Waals surface area contributed by atoms with Gasteiger partial charge in [0.25, 0.3) is 0 Å². The molecule has 196 valence electrons. The lowest BCUT2D eigenvalue weighted by molar-refractivity contribution is -0.244. The number of carbonyl (C=O) groups excluding carboxylic acids is 1. The van der Waals surface area contributed by atoms with Gasteiger partial charge in [0.05, 0.1) is 19.2 Å². The minimum atomic E-state index is -4.85. The second kappa shape index (κ2) is 11.7. The summed E-state index contributed by atoms with van der Waals surface area (Å²) in [7, 11) is 0. The lowest BCUT2D eigenvalue weighted by Crippen LogP contribution is -2.59. The number of morpholine rings is 1. The molecule has 1 heterocycles. The van der Waals surface area contributed by atoms with E-state index in [-0.39, 0.29) is 12.4 Å². The van der Waals surface area contributed by atoms with Gasteiger partial charge in [-0.2, -0.15) is 13.2 Å². The quantitative estimate of drug-likeness (QED) is 0.417. The first-order chi connectivity index (χ1) is 16.8. The van der Waals surface area contributed by atoms with Crippen LogP contribution in [-0.2, 0) is 20.6 Å². The van der Waals surface area contributed by atoms with Gasteiger partial charge in [0, 0.05) is 17.2 Å². The van der Waals surface area contributed by atoms with Crippen LogP contribution in [0.4, 0.5) is 18.0 Å². The van der Waals surface area contributed by atoms with Crippen molar-refractivity contribution in [2.75, 3.05) is 13.2 Å². The predicted octanol–water partition coefficient (Wildman–Crippen LogP) is 6.20. The molecule has 1 fully saturated rings. The van der Waals surface area contributed by atoms with E-state index in [1.807, 2.05) is 0 Å². The van der Waals surface area contributed by atoms with Gasteiger partial charge in [0.1, 0.15) is 17.5 Å². The SMILES string of the molecule is CC(C)(C)OC(=O)N1C[C@H](C(OC(=S)Oc2ccccc2)C(F)(F)F)OC[C@@H]1Cc1ccc(Cl)cc1. The molecule has 0 saturated carbocycles. The molecule has 1 amide bonds. The molecule has 2 aromatic carbocycles. The van der Waals surface area contributed by atoms with Gasteiger partial charge in [-0.1, -0.05) is 41.9 Å². The second-order valence-corrected chi connectivity index (χ2v) is 10.0. The number of benzene rings is 2. The fourth-order valence-corrected chi connectivity index (χ4v) is 3.90. The molecule has 11 heteroatoms. The van der Waals surface area contributed by atoms with Crippen molar-refractivity contribution in [2.45, 2.75) is 57.2 Å². The van der Waals surface area contributed by atoms with Crippen molar-refractivity contribution in [2.24, 2.45) is 0 Å². The highest BCUT2D eigenvalue weighted by Gasteiger charge is 2.51. The van der Waals surface area contributed by atoms with Crippen molar-refractivity contribution in [3.05, 3.63) is 65.2 Å². The Labute approximate surface area is 218 Å². The molecule has 1 unspecified atom stereocenters. The van der Waals surface area contributed by atoms with Crippen molar-refractivity contribution in [1.82, 2.24) is 4.90 Å². The van der Waals surface area contributed by atoms with E-state index in [9.17, 15) is 18.0 Å². The van der Waals surface area contributed by atoms with E-state index in [2.05, 4.69) is 0 Å². The van der Waals surface area contributed by atoms with Gasteiger partial charge in [-0.25, -0.2) is 4.79 Å². The zero-order chi connectivity index (χ0) is 26.5. The van der Waals surface area contributed by atoms with Gasteiger partial charge in [-0.15, -0.1) is 0 Å². The average molecular weight is 546 g/mol. The molecule has 3 rings (SSSR count). The summed E-state index contributed by atoms with van der Waals surface area (Å²) in [6.07, 6.45) is -9.29. The summed E-state index contributed by atoms with van der Waals surface area (Å²) in [5, 5.41) is -0.166. The summed E-state index contributed by atoms with van der Waals surface area (Å²) in [5.41, 5.74) is -0.0122. The van der Waals surface area contributed by atoms with Gasteiger partial charge in [0.15, 0.2) is 0 Å². The average Bonchev–Trinajstić information content (AvgIpc) is 2.78. The Bertz CT molecular complexity index is 1030. The number of hydrogen-bond acceptors (Lipinski definition) is 6. The van der Waals surface area contributed by atoms with Crippen LogP contribution in [0.5, 0.6) is 5.75 Å². The molecule has 3 atom stereocenters. The fourth-order valence-electron chi connectivity index (χ4n) is 3.58. The number of para-hydroxylation sites is 1. The van der Waals surface area contributed by atoms with Crippen LogP contribution in [0.25, 0.3) is 0 Å². The third kappa shape index (κ3) is 8.25. The van der Waals surface area contributed by atoms with Crippen molar-refractivity contribution >= 4 is 35.1 Å². The Balaban J connectivity index is 1.79. The smallest absolute Gasteiger partial charge is 0.428 e. The molecular weight excluding hydrogens is 519 g/mol. The van der Waals surface area contributed by atoms with Crippen molar-refractivity contribution in [3.8, 4) is 5.75 Å². The molecular formula is C25H27ClF3NO5S. The maximum absolute atomic E-state index is 14.0. The molecule has 1 aliphatic rings. The third-order valence-electron chi connectivity index (χ3n) is 5.16. The van der Waals surface area contributed by atoms with Gasteiger partial charge < -0.3 is 18.9 Å². The van der Waals surface area contributed by atoms with Gasteiger partial charge in [-0.3, -0.25) is 4.90 Å². The fraction of sp³-hybridized carbons (Fsp3) is 0.440. The number of halogens is 4. The number of ether oxygens (including phenoxy) is 4. The summed E-state index contributed by atoms with van der Waals surface area (Å²) >= 11 is 10.9. The highest BCUT2D eigenvalue weighted by atomic mass is 35.5. The van der Waals surface area contributed by atoms with E-state index in [1.54, 1.807) is 63.2 Å². The summed E-state index contributed by atoms with van der Waals surface area (Å²) in [6, 6.07) is 14.4. The number of thiocarbonyl (C=S) groups is 1. The molecule has 0 spiro atoms. The minimum Gasteiger partial charge on any atom is -0.444 e. The van der Waals surface area contributed by atoms with Crippen molar-refractivity contribution < 1.29 is 36.9 Å². The number of hydrogen-bond donors (Lipinski definition) is 0. The maximum atomic E-state index is 14.0. The van der Waals surface area contributed by atoms with Crippen LogP contribution in [-0.4, -0.2) is 59.4 Å². The zero-order valence-electron chi connectivity index (χ0n) is 20.0. The highest BCUT2D eigenvalue weighted by molar-refractivity contribution is 7.79. The molecule has 0 aliphatic carbocycles. The molecule has 1 aliphatic heterocycles. The predicted molar refractivity (Wildman–Crippen MR) is 132 cm³/mol. The van der Waals surface area contributed by atoms with Crippen LogP contribution in [0.2, 0.25) is 5.02 Å². The van der Waals surface area contributed by atoms with Gasteiger partial charge in [-0.05, 0) is 57.0 Å². The van der Waals surface area contributed by atoms with Crippen LogP contribution in [0.3, 0.4) is 0 Å².